The number of likely N-dealkylation sites (tertiary alicyclic amines) is 1. The van der Waals surface area contributed by atoms with Gasteiger partial charge in [0.25, 0.3) is 0 Å². The minimum absolute atomic E-state index is 0.107. The Bertz CT molecular complexity index is 716. The highest BCUT2D eigenvalue weighted by molar-refractivity contribution is 5.90. The van der Waals surface area contributed by atoms with Crippen LogP contribution in [0.3, 0.4) is 0 Å². The van der Waals surface area contributed by atoms with Crippen molar-refractivity contribution in [2.24, 2.45) is 11.8 Å². The van der Waals surface area contributed by atoms with Crippen molar-refractivity contribution in [3.63, 3.8) is 0 Å². The van der Waals surface area contributed by atoms with E-state index in [4.69, 9.17) is 14.2 Å². The second-order valence-electron chi connectivity index (χ2n) is 10.2. The van der Waals surface area contributed by atoms with E-state index in [2.05, 4.69) is 5.32 Å². The first-order valence-corrected chi connectivity index (χ1v) is 11.4. The van der Waals surface area contributed by atoms with Gasteiger partial charge in [-0.2, -0.15) is 0 Å². The van der Waals surface area contributed by atoms with Crippen molar-refractivity contribution >= 4 is 23.9 Å². The van der Waals surface area contributed by atoms with Gasteiger partial charge in [0, 0.05) is 19.4 Å². The maximum absolute atomic E-state index is 13.7. The number of amides is 2. The van der Waals surface area contributed by atoms with Crippen molar-refractivity contribution in [3.8, 4) is 0 Å². The lowest BCUT2D eigenvalue weighted by molar-refractivity contribution is -0.155. The maximum atomic E-state index is 13.7. The van der Waals surface area contributed by atoms with Gasteiger partial charge in [0.1, 0.15) is 23.8 Å². The minimum Gasteiger partial charge on any atom is -0.467 e. The zero-order valence-electron chi connectivity index (χ0n) is 20.3. The van der Waals surface area contributed by atoms with Crippen molar-refractivity contribution < 1.29 is 33.4 Å². The molecule has 1 N–H and O–H groups in total. The van der Waals surface area contributed by atoms with E-state index < -0.39 is 29.7 Å². The Labute approximate surface area is 190 Å². The lowest BCUT2D eigenvalue weighted by Crippen LogP contribution is -2.56. The molecule has 1 saturated carbocycles. The predicted octanol–water partition coefficient (Wildman–Crippen LogP) is 2.80. The molecule has 2 aliphatic rings. The van der Waals surface area contributed by atoms with E-state index in [0.717, 1.165) is 6.42 Å². The maximum Gasteiger partial charge on any atom is 0.408 e. The van der Waals surface area contributed by atoms with Crippen LogP contribution in [0.2, 0.25) is 0 Å². The van der Waals surface area contributed by atoms with E-state index in [1.807, 2.05) is 13.8 Å². The molecule has 0 aromatic heterocycles. The molecule has 0 unspecified atom stereocenters. The molecular weight excluding hydrogens is 416 g/mol. The Kier molecular flexibility index (Phi) is 8.54. The third-order valence-corrected chi connectivity index (χ3v) is 5.88. The van der Waals surface area contributed by atoms with E-state index in [0.29, 0.717) is 25.7 Å². The first-order chi connectivity index (χ1) is 14.8. The Morgan fingerprint density at radius 3 is 2.28 bits per heavy atom. The van der Waals surface area contributed by atoms with Crippen LogP contribution in [0.1, 0.15) is 73.6 Å². The summed E-state index contributed by atoms with van der Waals surface area (Å²) in [5.41, 5.74) is -0.705. The average molecular weight is 455 g/mol. The van der Waals surface area contributed by atoms with Crippen LogP contribution in [-0.4, -0.2) is 65.8 Å². The van der Waals surface area contributed by atoms with Crippen LogP contribution in [0.25, 0.3) is 0 Å². The fourth-order valence-corrected chi connectivity index (χ4v) is 4.75. The van der Waals surface area contributed by atoms with E-state index in [1.165, 1.54) is 14.0 Å². The van der Waals surface area contributed by atoms with Crippen molar-refractivity contribution in [1.82, 2.24) is 10.2 Å². The number of methoxy groups -OCH3 is 1. The summed E-state index contributed by atoms with van der Waals surface area (Å²) in [4.78, 5) is 51.8. The molecule has 2 amide bonds. The Hall–Kier alpha value is -2.32. The molecule has 0 spiro atoms. The molecule has 5 atom stereocenters. The number of carbonyl (C=O) groups is 4. The van der Waals surface area contributed by atoms with Crippen LogP contribution >= 0.6 is 0 Å². The SMILES string of the molecule is COC(=O)[C@@H]1C[C@H]2CC[C@@H](OC(C)=O)C[C@H]2N1C(=O)[C@@H](CC(C)C)NC(=O)OC(C)(C)C. The number of ether oxygens (including phenoxy) is 3. The lowest BCUT2D eigenvalue weighted by atomic mass is 9.83. The third kappa shape index (κ3) is 6.84. The van der Waals surface area contributed by atoms with Gasteiger partial charge in [-0.1, -0.05) is 13.8 Å². The number of fused-ring (bicyclic) bond motifs is 1. The molecule has 0 bridgehead atoms. The largest absolute Gasteiger partial charge is 0.467 e. The van der Waals surface area contributed by atoms with Crippen molar-refractivity contribution in [1.29, 1.82) is 0 Å². The number of hydrogen-bond donors (Lipinski definition) is 1. The van der Waals surface area contributed by atoms with Gasteiger partial charge in [0.05, 0.1) is 7.11 Å². The van der Waals surface area contributed by atoms with Crippen LogP contribution in [0, 0.1) is 11.8 Å². The quantitative estimate of drug-likeness (QED) is 0.485. The van der Waals surface area contributed by atoms with Gasteiger partial charge in [-0.25, -0.2) is 9.59 Å². The van der Waals surface area contributed by atoms with Gasteiger partial charge >= 0.3 is 18.0 Å². The molecule has 9 heteroatoms. The molecule has 0 radical (unpaired) electrons. The van der Waals surface area contributed by atoms with Gasteiger partial charge in [-0.05, 0) is 58.3 Å². The fraction of sp³-hybridized carbons (Fsp3) is 0.826. The molecular formula is C23H38N2O7. The van der Waals surface area contributed by atoms with Crippen LogP contribution in [0.4, 0.5) is 4.79 Å². The first-order valence-electron chi connectivity index (χ1n) is 11.4. The zero-order valence-corrected chi connectivity index (χ0v) is 20.3. The smallest absolute Gasteiger partial charge is 0.408 e. The third-order valence-electron chi connectivity index (χ3n) is 5.88. The number of esters is 2. The molecule has 0 aromatic rings. The summed E-state index contributed by atoms with van der Waals surface area (Å²) >= 11 is 0. The molecule has 9 nitrogen and oxygen atoms in total. The Balaban J connectivity index is 2.29. The monoisotopic (exact) mass is 454 g/mol. The Morgan fingerprint density at radius 2 is 1.75 bits per heavy atom. The minimum atomic E-state index is -0.843. The summed E-state index contributed by atoms with van der Waals surface area (Å²) in [7, 11) is 1.30. The Morgan fingerprint density at radius 1 is 1.09 bits per heavy atom. The number of hydrogen-bond acceptors (Lipinski definition) is 7. The van der Waals surface area contributed by atoms with Crippen molar-refractivity contribution in [2.75, 3.05) is 7.11 Å². The van der Waals surface area contributed by atoms with Crippen molar-refractivity contribution in [3.05, 3.63) is 0 Å². The number of carbonyl (C=O) groups excluding carboxylic acids is 4. The highest BCUT2D eigenvalue weighted by Gasteiger charge is 2.51. The van der Waals surface area contributed by atoms with Crippen LogP contribution < -0.4 is 5.32 Å². The summed E-state index contributed by atoms with van der Waals surface area (Å²) < 4.78 is 15.8. The number of rotatable bonds is 6. The normalized spacial score (nSPS) is 26.2. The summed E-state index contributed by atoms with van der Waals surface area (Å²) in [6, 6.07) is -1.83. The summed E-state index contributed by atoms with van der Waals surface area (Å²) in [6.45, 7) is 10.5. The van der Waals surface area contributed by atoms with E-state index in [1.54, 1.807) is 25.7 Å². The zero-order chi connectivity index (χ0) is 24.2. The molecule has 182 valence electrons. The molecule has 32 heavy (non-hydrogen) atoms. The van der Waals surface area contributed by atoms with E-state index in [-0.39, 0.29) is 35.9 Å². The van der Waals surface area contributed by atoms with Gasteiger partial charge in [-0.15, -0.1) is 0 Å². The van der Waals surface area contributed by atoms with Crippen LogP contribution in [-0.2, 0) is 28.6 Å². The first kappa shape index (κ1) is 25.9. The van der Waals surface area contributed by atoms with Gasteiger partial charge in [0.2, 0.25) is 5.91 Å². The van der Waals surface area contributed by atoms with Gasteiger partial charge in [-0.3, -0.25) is 9.59 Å². The molecule has 0 aromatic carbocycles. The van der Waals surface area contributed by atoms with E-state index >= 15 is 0 Å². The highest BCUT2D eigenvalue weighted by atomic mass is 16.6. The fourth-order valence-electron chi connectivity index (χ4n) is 4.75. The molecule has 2 fully saturated rings. The standard InChI is InChI=1S/C23H38N2O7/c1-13(2)10-17(24-22(29)32-23(4,5)6)20(27)25-18-12-16(31-14(3)26)9-8-15(18)11-19(25)21(28)30-7/h13,15-19H,8-12H2,1-7H3,(H,24,29)/t15-,16-,17-,18-,19+/m1/s1. The number of nitrogens with one attached hydrogen (secondary N) is 1. The highest BCUT2D eigenvalue weighted by Crippen LogP contribution is 2.41. The summed E-state index contributed by atoms with van der Waals surface area (Å²) in [5.74, 6) is -0.948. The predicted molar refractivity (Wildman–Crippen MR) is 117 cm³/mol. The molecule has 1 saturated heterocycles. The van der Waals surface area contributed by atoms with Gasteiger partial charge in [0.15, 0.2) is 0 Å². The molecule has 1 heterocycles. The van der Waals surface area contributed by atoms with Crippen LogP contribution in [0.5, 0.6) is 0 Å². The second-order valence-corrected chi connectivity index (χ2v) is 10.2. The molecule has 1 aliphatic heterocycles. The summed E-state index contributed by atoms with van der Waals surface area (Å²) in [5, 5.41) is 2.71. The molecule has 2 rings (SSSR count). The van der Waals surface area contributed by atoms with Crippen molar-refractivity contribution in [2.45, 2.75) is 103 Å². The number of nitrogens with zero attached hydrogens (tertiary/aromatic N) is 1. The number of alkyl carbamates (subject to hydrolysis) is 1. The lowest BCUT2D eigenvalue weighted by Gasteiger charge is -2.38. The van der Waals surface area contributed by atoms with Crippen LogP contribution in [0.15, 0.2) is 0 Å². The average Bonchev–Trinajstić information content (AvgIpc) is 3.02. The van der Waals surface area contributed by atoms with Gasteiger partial charge < -0.3 is 24.4 Å². The topological polar surface area (TPSA) is 111 Å². The second kappa shape index (κ2) is 10.5. The van der Waals surface area contributed by atoms with E-state index in [9.17, 15) is 19.2 Å². The molecule has 1 aliphatic carbocycles. The summed E-state index contributed by atoms with van der Waals surface area (Å²) in [6.07, 6.45) is 1.82.